The van der Waals surface area contributed by atoms with Crippen LogP contribution in [0, 0.1) is 5.92 Å². The second-order valence-electron chi connectivity index (χ2n) is 8.03. The minimum absolute atomic E-state index is 0.114. The summed E-state index contributed by atoms with van der Waals surface area (Å²) < 4.78 is 18.3. The average Bonchev–Trinajstić information content (AvgIpc) is 2.65. The normalized spacial score (nSPS) is 14.0. The molecule has 2 unspecified atom stereocenters. The smallest absolute Gasteiger partial charge is 0.235 e. The van der Waals surface area contributed by atoms with Gasteiger partial charge in [-0.05, 0) is 79.5 Å². The van der Waals surface area contributed by atoms with Gasteiger partial charge in [0.1, 0.15) is 11.5 Å². The van der Waals surface area contributed by atoms with E-state index in [4.69, 9.17) is 4.74 Å². The van der Waals surface area contributed by atoms with Crippen molar-refractivity contribution in [1.29, 1.82) is 0 Å². The molecule has 0 aliphatic carbocycles. The third-order valence-corrected chi connectivity index (χ3v) is 5.35. The average molecular weight is 397 g/mol. The number of halogens is 1. The Morgan fingerprint density at radius 1 is 1.07 bits per heavy atom. The Bertz CT molecular complexity index is 865. The number of carbonyl (C=O) groups excluding carboxylic acids is 1. The van der Waals surface area contributed by atoms with Crippen LogP contribution in [0.5, 0.6) is 5.75 Å². The number of ketones is 1. The van der Waals surface area contributed by atoms with E-state index in [0.717, 1.165) is 29.5 Å². The Kier molecular flexibility index (Phi) is 8.19. The van der Waals surface area contributed by atoms with Crippen molar-refractivity contribution in [1.82, 2.24) is 0 Å². The standard InChI is InChI=1S/C26H33FO2/c1-7-18(4)23-14-13-22(25(16-23)26(17(2)3)19(5)28)12-11-21-9-8-10-24(15-21)29-20(6)27/h7-10,13-17,20,26H,11-12H2,1-6H3/b18-7+. The molecule has 0 fully saturated rings. The molecule has 0 amide bonds. The number of ether oxygens (including phenoxy) is 1. The zero-order chi connectivity index (χ0) is 21.6. The number of Topliss-reactive ketones (excluding diaryl/α,β-unsaturated/α-hetero) is 1. The lowest BCUT2D eigenvalue weighted by Gasteiger charge is -2.23. The van der Waals surface area contributed by atoms with Crippen LogP contribution < -0.4 is 4.74 Å². The van der Waals surface area contributed by atoms with Gasteiger partial charge in [0.25, 0.3) is 0 Å². The lowest BCUT2D eigenvalue weighted by atomic mass is 9.80. The monoisotopic (exact) mass is 396 g/mol. The van der Waals surface area contributed by atoms with Crippen LogP contribution in [-0.4, -0.2) is 12.1 Å². The molecule has 2 nitrogen and oxygen atoms in total. The fourth-order valence-electron chi connectivity index (χ4n) is 3.81. The quantitative estimate of drug-likeness (QED) is 0.460. The number of benzene rings is 2. The summed E-state index contributed by atoms with van der Waals surface area (Å²) in [5, 5.41) is 0. The van der Waals surface area contributed by atoms with Crippen LogP contribution in [0.4, 0.5) is 4.39 Å². The Hall–Kier alpha value is -2.42. The molecule has 0 aromatic heterocycles. The maximum Gasteiger partial charge on any atom is 0.235 e. The lowest BCUT2D eigenvalue weighted by molar-refractivity contribution is -0.119. The van der Waals surface area contributed by atoms with E-state index in [0.29, 0.717) is 5.75 Å². The molecule has 2 rings (SSSR count). The molecule has 2 atom stereocenters. The Balaban J connectivity index is 2.35. The minimum Gasteiger partial charge on any atom is -0.461 e. The molecule has 29 heavy (non-hydrogen) atoms. The first kappa shape index (κ1) is 22.9. The molecule has 2 aromatic carbocycles. The first-order chi connectivity index (χ1) is 13.7. The maximum atomic E-state index is 13.1. The molecule has 0 aliphatic heterocycles. The number of aryl methyl sites for hydroxylation is 2. The fourth-order valence-corrected chi connectivity index (χ4v) is 3.81. The van der Waals surface area contributed by atoms with E-state index in [2.05, 4.69) is 45.0 Å². The topological polar surface area (TPSA) is 26.3 Å². The van der Waals surface area contributed by atoms with Gasteiger partial charge in [0.05, 0.1) is 0 Å². The van der Waals surface area contributed by atoms with Crippen LogP contribution in [0.3, 0.4) is 0 Å². The summed E-state index contributed by atoms with van der Waals surface area (Å²) in [6.07, 6.45) is 2.38. The fraction of sp³-hybridized carbons (Fsp3) is 0.423. The number of hydrogen-bond acceptors (Lipinski definition) is 2. The first-order valence-corrected chi connectivity index (χ1v) is 10.4. The second kappa shape index (κ2) is 10.4. The SMILES string of the molecule is C/C=C(\C)c1ccc(CCc2cccc(OC(C)F)c2)c(C(C(C)=O)C(C)C)c1. The van der Waals surface area contributed by atoms with Crippen molar-refractivity contribution in [3.8, 4) is 5.75 Å². The highest BCUT2D eigenvalue weighted by molar-refractivity contribution is 5.84. The molecular formula is C26H33FO2. The maximum absolute atomic E-state index is 13.1. The molecule has 0 radical (unpaired) electrons. The number of hydrogen-bond donors (Lipinski definition) is 0. The molecule has 0 bridgehead atoms. The van der Waals surface area contributed by atoms with E-state index in [1.54, 1.807) is 13.0 Å². The summed E-state index contributed by atoms with van der Waals surface area (Å²) in [6, 6.07) is 14.0. The third kappa shape index (κ3) is 6.28. The van der Waals surface area contributed by atoms with Crippen LogP contribution in [0.2, 0.25) is 0 Å². The van der Waals surface area contributed by atoms with Crippen molar-refractivity contribution in [3.05, 3.63) is 70.8 Å². The van der Waals surface area contributed by atoms with Gasteiger partial charge in [0.15, 0.2) is 0 Å². The van der Waals surface area contributed by atoms with Gasteiger partial charge in [-0.1, -0.05) is 50.3 Å². The van der Waals surface area contributed by atoms with E-state index >= 15 is 0 Å². The van der Waals surface area contributed by atoms with Crippen LogP contribution in [0.1, 0.15) is 69.7 Å². The van der Waals surface area contributed by atoms with Crippen LogP contribution in [0.15, 0.2) is 48.5 Å². The predicted octanol–water partition coefficient (Wildman–Crippen LogP) is 6.92. The van der Waals surface area contributed by atoms with Crippen molar-refractivity contribution in [2.75, 3.05) is 0 Å². The number of rotatable bonds is 9. The molecular weight excluding hydrogens is 363 g/mol. The van der Waals surface area contributed by atoms with Gasteiger partial charge in [-0.25, -0.2) is 4.39 Å². The second-order valence-corrected chi connectivity index (χ2v) is 8.03. The third-order valence-electron chi connectivity index (χ3n) is 5.35. The van der Waals surface area contributed by atoms with Crippen molar-refractivity contribution in [2.45, 2.75) is 66.7 Å². The van der Waals surface area contributed by atoms with Gasteiger partial charge in [-0.2, -0.15) is 0 Å². The summed E-state index contributed by atoms with van der Waals surface area (Å²) in [4.78, 5) is 12.4. The molecule has 3 heteroatoms. The highest BCUT2D eigenvalue weighted by atomic mass is 19.1. The summed E-state index contributed by atoms with van der Waals surface area (Å²) in [5.74, 6) is 0.858. The highest BCUT2D eigenvalue weighted by Crippen LogP contribution is 2.32. The van der Waals surface area contributed by atoms with Crippen molar-refractivity contribution < 1.29 is 13.9 Å². The Morgan fingerprint density at radius 2 is 1.79 bits per heavy atom. The van der Waals surface area contributed by atoms with Gasteiger partial charge >= 0.3 is 0 Å². The van der Waals surface area contributed by atoms with Gasteiger partial charge in [-0.15, -0.1) is 0 Å². The molecule has 0 saturated carbocycles. The molecule has 0 heterocycles. The number of alkyl halides is 1. The zero-order valence-corrected chi connectivity index (χ0v) is 18.5. The summed E-state index contributed by atoms with van der Waals surface area (Å²) in [6.45, 7) is 11.4. The molecule has 0 saturated heterocycles. The van der Waals surface area contributed by atoms with E-state index < -0.39 is 6.36 Å². The van der Waals surface area contributed by atoms with Crippen LogP contribution >= 0.6 is 0 Å². The molecule has 2 aromatic rings. The van der Waals surface area contributed by atoms with Crippen molar-refractivity contribution in [2.24, 2.45) is 5.92 Å². The molecule has 156 valence electrons. The molecule has 0 aliphatic rings. The first-order valence-electron chi connectivity index (χ1n) is 10.4. The Morgan fingerprint density at radius 3 is 2.38 bits per heavy atom. The largest absolute Gasteiger partial charge is 0.461 e. The minimum atomic E-state index is -1.33. The highest BCUT2D eigenvalue weighted by Gasteiger charge is 2.23. The summed E-state index contributed by atoms with van der Waals surface area (Å²) in [5.41, 5.74) is 5.76. The van der Waals surface area contributed by atoms with E-state index in [1.165, 1.54) is 18.1 Å². The number of carbonyl (C=O) groups is 1. The van der Waals surface area contributed by atoms with Gasteiger partial charge in [-0.3, -0.25) is 4.79 Å². The van der Waals surface area contributed by atoms with E-state index in [-0.39, 0.29) is 17.6 Å². The van der Waals surface area contributed by atoms with E-state index in [9.17, 15) is 9.18 Å². The predicted molar refractivity (Wildman–Crippen MR) is 119 cm³/mol. The van der Waals surface area contributed by atoms with Gasteiger partial charge in [0.2, 0.25) is 6.36 Å². The zero-order valence-electron chi connectivity index (χ0n) is 18.5. The summed E-state index contributed by atoms with van der Waals surface area (Å²) in [7, 11) is 0. The Labute approximate surface area is 174 Å². The van der Waals surface area contributed by atoms with Gasteiger partial charge in [0, 0.05) is 12.8 Å². The van der Waals surface area contributed by atoms with Crippen LogP contribution in [-0.2, 0) is 17.6 Å². The number of allylic oxidation sites excluding steroid dienone is 2. The van der Waals surface area contributed by atoms with Crippen LogP contribution in [0.25, 0.3) is 5.57 Å². The molecule has 0 N–H and O–H groups in total. The van der Waals surface area contributed by atoms with E-state index in [1.807, 2.05) is 25.1 Å². The van der Waals surface area contributed by atoms with Crippen molar-refractivity contribution >= 4 is 11.4 Å². The molecule has 0 spiro atoms. The summed E-state index contributed by atoms with van der Waals surface area (Å²) >= 11 is 0. The lowest BCUT2D eigenvalue weighted by Crippen LogP contribution is -2.17. The van der Waals surface area contributed by atoms with Gasteiger partial charge < -0.3 is 4.74 Å². The van der Waals surface area contributed by atoms with Crippen molar-refractivity contribution in [3.63, 3.8) is 0 Å².